The van der Waals surface area contributed by atoms with E-state index in [4.69, 9.17) is 12.2 Å². The zero-order valence-electron chi connectivity index (χ0n) is 14.6. The second-order valence-corrected chi connectivity index (χ2v) is 7.30. The molecule has 2 nitrogen and oxygen atoms in total. The molecule has 22 heavy (non-hydrogen) atoms. The van der Waals surface area contributed by atoms with Gasteiger partial charge in [0.2, 0.25) is 0 Å². The molecule has 1 aliphatic rings. The lowest BCUT2D eigenvalue weighted by Crippen LogP contribution is -2.30. The predicted molar refractivity (Wildman–Crippen MR) is 99.5 cm³/mol. The van der Waals surface area contributed by atoms with E-state index in [2.05, 4.69) is 4.90 Å². The van der Waals surface area contributed by atoms with Gasteiger partial charge in [0, 0.05) is 19.5 Å². The molecule has 0 unspecified atom stereocenters. The third kappa shape index (κ3) is 10.3. The molecule has 128 valence electrons. The highest BCUT2D eigenvalue weighted by Gasteiger charge is 2.11. The highest BCUT2D eigenvalue weighted by atomic mass is 32.1. The summed E-state index contributed by atoms with van der Waals surface area (Å²) in [6.07, 6.45) is 17.5. The Balaban J connectivity index is 1.88. The Kier molecular flexibility index (Phi) is 11.6. The zero-order chi connectivity index (χ0) is 16.0. The van der Waals surface area contributed by atoms with Gasteiger partial charge in [-0.25, -0.2) is 0 Å². The summed E-state index contributed by atoms with van der Waals surface area (Å²) >= 11 is 5.60. The van der Waals surface area contributed by atoms with Crippen LogP contribution in [0, 0.1) is 0 Å². The molecule has 0 atom stereocenters. The van der Waals surface area contributed by atoms with Crippen LogP contribution in [0.5, 0.6) is 0 Å². The van der Waals surface area contributed by atoms with Crippen molar-refractivity contribution in [2.45, 2.75) is 96.8 Å². The van der Waals surface area contributed by atoms with Gasteiger partial charge in [0.15, 0.2) is 0 Å². The van der Waals surface area contributed by atoms with Gasteiger partial charge in [-0.2, -0.15) is 0 Å². The lowest BCUT2D eigenvalue weighted by Gasteiger charge is -2.23. The minimum absolute atomic E-state index is 0.334. The number of unbranched alkanes of at least 4 members (excludes halogenated alkanes) is 7. The maximum atomic E-state index is 10.8. The van der Waals surface area contributed by atoms with E-state index in [0.29, 0.717) is 5.78 Å². The Hall–Kier alpha value is -0.440. The third-order valence-corrected chi connectivity index (χ3v) is 5.09. The van der Waals surface area contributed by atoms with E-state index in [1.54, 1.807) is 6.92 Å². The summed E-state index contributed by atoms with van der Waals surface area (Å²) in [4.78, 5) is 14.5. The fourth-order valence-corrected chi connectivity index (χ4v) is 3.52. The quantitative estimate of drug-likeness (QED) is 0.360. The van der Waals surface area contributed by atoms with Gasteiger partial charge in [-0.05, 0) is 39.0 Å². The first-order valence-corrected chi connectivity index (χ1v) is 9.88. The van der Waals surface area contributed by atoms with Crippen LogP contribution in [0.15, 0.2) is 0 Å². The molecule has 0 amide bonds. The molecule has 0 aromatic carbocycles. The van der Waals surface area contributed by atoms with Crippen LogP contribution in [0.3, 0.4) is 0 Å². The average Bonchev–Trinajstić information content (AvgIpc) is 2.77. The molecule has 1 rings (SSSR count). The molecule has 0 aromatic rings. The number of thiocarbonyl (C=S) groups is 1. The maximum Gasteiger partial charge on any atom is 0.129 e. The van der Waals surface area contributed by atoms with Crippen LogP contribution < -0.4 is 0 Å². The summed E-state index contributed by atoms with van der Waals surface area (Å²) in [5, 5.41) is 0. The van der Waals surface area contributed by atoms with Gasteiger partial charge in [0.25, 0.3) is 0 Å². The highest BCUT2D eigenvalue weighted by molar-refractivity contribution is 7.80. The molecule has 0 aliphatic carbocycles. The highest BCUT2D eigenvalue weighted by Crippen LogP contribution is 2.15. The summed E-state index contributed by atoms with van der Waals surface area (Å²) in [5.41, 5.74) is 0. The number of likely N-dealkylation sites (tertiary alicyclic amines) is 1. The lowest BCUT2D eigenvalue weighted by molar-refractivity contribution is -0.117. The summed E-state index contributed by atoms with van der Waals surface area (Å²) in [7, 11) is 0. The molecular weight excluding hydrogens is 290 g/mol. The monoisotopic (exact) mass is 325 g/mol. The SMILES string of the molecule is CC(=O)CCCCCCCCCCC(=S)N1CCCCCC1. The Morgan fingerprint density at radius 3 is 1.73 bits per heavy atom. The van der Waals surface area contributed by atoms with Crippen molar-refractivity contribution in [2.75, 3.05) is 13.1 Å². The summed E-state index contributed by atoms with van der Waals surface area (Å²) in [5.74, 6) is 0.334. The Labute approximate surface area is 143 Å². The van der Waals surface area contributed by atoms with E-state index in [0.717, 1.165) is 19.3 Å². The number of carbonyl (C=O) groups is 1. The first kappa shape index (κ1) is 19.6. The Bertz CT molecular complexity index is 309. The van der Waals surface area contributed by atoms with E-state index >= 15 is 0 Å². The van der Waals surface area contributed by atoms with E-state index in [-0.39, 0.29) is 0 Å². The van der Waals surface area contributed by atoms with Crippen molar-refractivity contribution in [3.63, 3.8) is 0 Å². The van der Waals surface area contributed by atoms with Gasteiger partial charge in [0.1, 0.15) is 5.78 Å². The van der Waals surface area contributed by atoms with E-state index in [9.17, 15) is 4.79 Å². The maximum absolute atomic E-state index is 10.8. The molecule has 1 saturated heterocycles. The Morgan fingerprint density at radius 1 is 0.773 bits per heavy atom. The second kappa shape index (κ2) is 13.0. The van der Waals surface area contributed by atoms with Gasteiger partial charge in [-0.15, -0.1) is 0 Å². The van der Waals surface area contributed by atoms with Gasteiger partial charge in [-0.1, -0.05) is 63.6 Å². The summed E-state index contributed by atoms with van der Waals surface area (Å²) in [6.45, 7) is 4.08. The van der Waals surface area contributed by atoms with Gasteiger partial charge >= 0.3 is 0 Å². The average molecular weight is 326 g/mol. The van der Waals surface area contributed by atoms with Gasteiger partial charge in [-0.3, -0.25) is 0 Å². The van der Waals surface area contributed by atoms with Gasteiger partial charge < -0.3 is 9.69 Å². The van der Waals surface area contributed by atoms with E-state index < -0.39 is 0 Å². The number of rotatable bonds is 11. The molecule has 0 spiro atoms. The molecule has 1 heterocycles. The van der Waals surface area contributed by atoms with E-state index in [1.165, 1.54) is 88.7 Å². The topological polar surface area (TPSA) is 20.3 Å². The van der Waals surface area contributed by atoms with Gasteiger partial charge in [0.05, 0.1) is 4.99 Å². The first-order chi connectivity index (χ1) is 10.7. The minimum atomic E-state index is 0.334. The lowest BCUT2D eigenvalue weighted by atomic mass is 10.1. The Morgan fingerprint density at radius 2 is 1.23 bits per heavy atom. The first-order valence-electron chi connectivity index (χ1n) is 9.47. The number of nitrogens with zero attached hydrogens (tertiary/aromatic N) is 1. The molecule has 0 N–H and O–H groups in total. The summed E-state index contributed by atoms with van der Waals surface area (Å²) < 4.78 is 0. The van der Waals surface area contributed by atoms with Crippen LogP contribution >= 0.6 is 12.2 Å². The number of carbonyl (C=O) groups excluding carboxylic acids is 1. The van der Waals surface area contributed by atoms with Crippen LogP contribution in [0.2, 0.25) is 0 Å². The van der Waals surface area contributed by atoms with Crippen molar-refractivity contribution < 1.29 is 4.79 Å². The fourth-order valence-electron chi connectivity index (χ4n) is 3.19. The minimum Gasteiger partial charge on any atom is -0.366 e. The molecule has 0 radical (unpaired) electrons. The van der Waals surface area contributed by atoms with E-state index in [1.807, 2.05) is 0 Å². The van der Waals surface area contributed by atoms with Crippen LogP contribution in [-0.2, 0) is 4.79 Å². The molecule has 0 saturated carbocycles. The predicted octanol–water partition coefficient (Wildman–Crippen LogP) is 5.68. The molecule has 0 aromatic heterocycles. The molecule has 1 aliphatic heterocycles. The van der Waals surface area contributed by atoms with Crippen LogP contribution in [0.1, 0.15) is 96.8 Å². The second-order valence-electron chi connectivity index (χ2n) is 6.83. The van der Waals surface area contributed by atoms with Crippen molar-refractivity contribution in [3.05, 3.63) is 0 Å². The van der Waals surface area contributed by atoms with Crippen molar-refractivity contribution in [1.82, 2.24) is 4.90 Å². The van der Waals surface area contributed by atoms with Crippen LogP contribution in [0.25, 0.3) is 0 Å². The van der Waals surface area contributed by atoms with Crippen molar-refractivity contribution in [1.29, 1.82) is 0 Å². The normalized spacial score (nSPS) is 15.6. The fraction of sp³-hybridized carbons (Fsp3) is 0.895. The number of hydrogen-bond acceptors (Lipinski definition) is 2. The van der Waals surface area contributed by atoms with Crippen molar-refractivity contribution in [3.8, 4) is 0 Å². The molecule has 0 bridgehead atoms. The van der Waals surface area contributed by atoms with Crippen molar-refractivity contribution in [2.24, 2.45) is 0 Å². The standard InChI is InChI=1S/C19H35NOS/c1-18(21)14-10-6-4-2-3-5-7-11-15-19(22)20-16-12-8-9-13-17-20/h2-17H2,1H3. The summed E-state index contributed by atoms with van der Waals surface area (Å²) in [6, 6.07) is 0. The van der Waals surface area contributed by atoms with Crippen LogP contribution in [-0.4, -0.2) is 28.8 Å². The number of Topliss-reactive ketones (excluding diaryl/α,β-unsaturated/α-hetero) is 1. The molecular formula is C19H35NOS. The van der Waals surface area contributed by atoms with Crippen LogP contribution in [0.4, 0.5) is 0 Å². The van der Waals surface area contributed by atoms with Crippen molar-refractivity contribution >= 4 is 23.0 Å². The largest absolute Gasteiger partial charge is 0.366 e. The number of hydrogen-bond donors (Lipinski definition) is 0. The number of ketones is 1. The third-order valence-electron chi connectivity index (χ3n) is 4.63. The smallest absolute Gasteiger partial charge is 0.129 e. The zero-order valence-corrected chi connectivity index (χ0v) is 15.4. The molecule has 1 fully saturated rings. The molecule has 3 heteroatoms.